The smallest absolute Gasteiger partial charge is 0.229 e. The molecular weight excluding hydrogens is 328 g/mol. The van der Waals surface area contributed by atoms with Crippen LogP contribution in [0.15, 0.2) is 18.3 Å². The second kappa shape index (κ2) is 7.26. The number of aromatic nitrogens is 2. The van der Waals surface area contributed by atoms with Crippen LogP contribution >= 0.6 is 0 Å². The molecule has 3 heterocycles. The fraction of sp³-hybridized carbons (Fsp3) is 0.474. The second-order valence-electron chi connectivity index (χ2n) is 7.67. The van der Waals surface area contributed by atoms with E-state index in [1.54, 1.807) is 12.3 Å². The van der Waals surface area contributed by atoms with Gasteiger partial charge in [0.25, 0.3) is 0 Å². The highest BCUT2D eigenvalue weighted by Gasteiger charge is 2.21. The summed E-state index contributed by atoms with van der Waals surface area (Å²) in [6, 6.07) is 5.59. The lowest BCUT2D eigenvalue weighted by atomic mass is 9.99. The Labute approximate surface area is 153 Å². The summed E-state index contributed by atoms with van der Waals surface area (Å²) in [5, 5.41) is 20.3. The quantitative estimate of drug-likeness (QED) is 0.785. The first-order valence-electron chi connectivity index (χ1n) is 8.86. The summed E-state index contributed by atoms with van der Waals surface area (Å²) in [7, 11) is 0. The van der Waals surface area contributed by atoms with Gasteiger partial charge in [-0.25, -0.2) is 9.97 Å². The zero-order chi connectivity index (χ0) is 18.7. The van der Waals surface area contributed by atoms with Gasteiger partial charge in [0.2, 0.25) is 5.91 Å². The summed E-state index contributed by atoms with van der Waals surface area (Å²) >= 11 is 0. The molecule has 0 aliphatic carbocycles. The molecule has 1 aliphatic heterocycles. The molecule has 1 atom stereocenters. The van der Waals surface area contributed by atoms with Crippen LogP contribution in [-0.4, -0.2) is 34.5 Å². The highest BCUT2D eigenvalue weighted by atomic mass is 16.2. The van der Waals surface area contributed by atoms with Crippen LogP contribution in [0.1, 0.15) is 39.3 Å². The summed E-state index contributed by atoms with van der Waals surface area (Å²) in [6.07, 6.45) is 3.56. The molecular formula is C19H24N6O. The van der Waals surface area contributed by atoms with E-state index in [1.807, 2.05) is 26.8 Å². The predicted molar refractivity (Wildman–Crippen MR) is 102 cm³/mol. The first-order chi connectivity index (χ1) is 12.4. The lowest BCUT2D eigenvalue weighted by molar-refractivity contribution is -0.120. The summed E-state index contributed by atoms with van der Waals surface area (Å²) in [6.45, 7) is 7.74. The van der Waals surface area contributed by atoms with Crippen molar-refractivity contribution in [3.63, 3.8) is 0 Å². The Morgan fingerprint density at radius 1 is 1.38 bits per heavy atom. The van der Waals surface area contributed by atoms with Crippen molar-refractivity contribution >= 4 is 28.3 Å². The van der Waals surface area contributed by atoms with Crippen LogP contribution in [0.4, 0.5) is 11.6 Å². The minimum atomic E-state index is -0.214. The average molecular weight is 352 g/mol. The average Bonchev–Trinajstić information content (AvgIpc) is 2.61. The standard InChI is InChI=1S/C19H24N6O/c1-19(2,3)25-17-15-8-16(22-11-13(15)7-14(9-20)23-17)24-18(26)12-5-4-6-21-10-12/h7-8,11-12,21H,4-6,10H2,1-3H3,(H,23,25)(H,22,24,26)/t12-/m0/s1. The number of amides is 1. The largest absolute Gasteiger partial charge is 0.365 e. The molecule has 7 nitrogen and oxygen atoms in total. The first-order valence-corrected chi connectivity index (χ1v) is 8.86. The van der Waals surface area contributed by atoms with Crippen molar-refractivity contribution in [3.05, 3.63) is 24.0 Å². The molecule has 2 aromatic rings. The Bertz CT molecular complexity index is 859. The number of fused-ring (bicyclic) bond motifs is 1. The van der Waals surface area contributed by atoms with Crippen molar-refractivity contribution in [2.24, 2.45) is 5.92 Å². The van der Waals surface area contributed by atoms with Crippen LogP contribution in [0, 0.1) is 17.2 Å². The number of nitrogens with zero attached hydrogens (tertiary/aromatic N) is 3. The topological polar surface area (TPSA) is 103 Å². The Hall–Kier alpha value is -2.72. The number of nitrogens with one attached hydrogen (secondary N) is 3. The van der Waals surface area contributed by atoms with Gasteiger partial charge in [0.15, 0.2) is 0 Å². The molecule has 1 aliphatic rings. The van der Waals surface area contributed by atoms with Crippen molar-refractivity contribution in [3.8, 4) is 6.07 Å². The maximum Gasteiger partial charge on any atom is 0.229 e. The minimum absolute atomic E-state index is 0.0176. The van der Waals surface area contributed by atoms with E-state index in [9.17, 15) is 10.1 Å². The highest BCUT2D eigenvalue weighted by Crippen LogP contribution is 2.27. The van der Waals surface area contributed by atoms with Crippen LogP contribution < -0.4 is 16.0 Å². The number of hydrogen-bond acceptors (Lipinski definition) is 6. The number of carbonyl (C=O) groups is 1. The van der Waals surface area contributed by atoms with Crippen molar-refractivity contribution in [1.82, 2.24) is 15.3 Å². The van der Waals surface area contributed by atoms with Gasteiger partial charge in [-0.1, -0.05) is 0 Å². The normalized spacial score (nSPS) is 17.5. The van der Waals surface area contributed by atoms with E-state index in [0.29, 0.717) is 23.9 Å². The van der Waals surface area contributed by atoms with Gasteiger partial charge in [0.1, 0.15) is 23.4 Å². The number of hydrogen-bond donors (Lipinski definition) is 3. The van der Waals surface area contributed by atoms with Gasteiger partial charge in [-0.15, -0.1) is 0 Å². The Kier molecular flexibility index (Phi) is 5.05. The van der Waals surface area contributed by atoms with Gasteiger partial charge in [-0.3, -0.25) is 4.79 Å². The lowest BCUT2D eigenvalue weighted by Gasteiger charge is -2.23. The van der Waals surface area contributed by atoms with Gasteiger partial charge in [-0.2, -0.15) is 5.26 Å². The molecule has 26 heavy (non-hydrogen) atoms. The number of piperidine rings is 1. The molecule has 3 N–H and O–H groups in total. The number of rotatable bonds is 3. The minimum Gasteiger partial charge on any atom is -0.365 e. The molecule has 0 radical (unpaired) electrons. The third-order valence-electron chi connectivity index (χ3n) is 4.24. The Morgan fingerprint density at radius 3 is 2.85 bits per heavy atom. The maximum atomic E-state index is 12.5. The van der Waals surface area contributed by atoms with Crippen molar-refractivity contribution in [2.75, 3.05) is 23.7 Å². The molecule has 0 saturated carbocycles. The van der Waals surface area contributed by atoms with E-state index in [0.717, 1.165) is 30.2 Å². The van der Waals surface area contributed by atoms with E-state index in [-0.39, 0.29) is 17.4 Å². The van der Waals surface area contributed by atoms with Gasteiger partial charge < -0.3 is 16.0 Å². The zero-order valence-corrected chi connectivity index (χ0v) is 15.4. The van der Waals surface area contributed by atoms with E-state index in [4.69, 9.17) is 0 Å². The Morgan fingerprint density at radius 2 is 2.19 bits per heavy atom. The fourth-order valence-electron chi connectivity index (χ4n) is 3.03. The maximum absolute atomic E-state index is 12.5. The molecule has 1 saturated heterocycles. The lowest BCUT2D eigenvalue weighted by Crippen LogP contribution is -2.37. The first kappa shape index (κ1) is 18.1. The SMILES string of the molecule is CC(C)(C)Nc1nc(C#N)cc2cnc(NC(=O)[C@H]3CCCNC3)cc12. The van der Waals surface area contributed by atoms with E-state index in [1.165, 1.54) is 0 Å². The van der Waals surface area contributed by atoms with Gasteiger partial charge in [0.05, 0.1) is 5.92 Å². The highest BCUT2D eigenvalue weighted by molar-refractivity contribution is 5.97. The summed E-state index contributed by atoms with van der Waals surface area (Å²) < 4.78 is 0. The van der Waals surface area contributed by atoms with Gasteiger partial charge >= 0.3 is 0 Å². The van der Waals surface area contributed by atoms with Crippen LogP contribution in [0.2, 0.25) is 0 Å². The molecule has 0 spiro atoms. The van der Waals surface area contributed by atoms with Crippen LogP contribution in [0.25, 0.3) is 10.8 Å². The number of anilines is 2. The molecule has 136 valence electrons. The molecule has 1 amide bonds. The fourth-order valence-corrected chi connectivity index (χ4v) is 3.03. The van der Waals surface area contributed by atoms with Crippen LogP contribution in [-0.2, 0) is 4.79 Å². The number of nitriles is 1. The van der Waals surface area contributed by atoms with Crippen LogP contribution in [0.3, 0.4) is 0 Å². The van der Waals surface area contributed by atoms with Crippen molar-refractivity contribution < 1.29 is 4.79 Å². The summed E-state index contributed by atoms with van der Waals surface area (Å²) in [5.74, 6) is 1.06. The van der Waals surface area contributed by atoms with E-state index in [2.05, 4.69) is 32.0 Å². The summed E-state index contributed by atoms with van der Waals surface area (Å²) in [4.78, 5) is 21.2. The second-order valence-corrected chi connectivity index (χ2v) is 7.67. The van der Waals surface area contributed by atoms with Crippen LogP contribution in [0.5, 0.6) is 0 Å². The molecule has 3 rings (SSSR count). The van der Waals surface area contributed by atoms with E-state index >= 15 is 0 Å². The monoisotopic (exact) mass is 352 g/mol. The molecule has 2 aromatic heterocycles. The summed E-state index contributed by atoms with van der Waals surface area (Å²) in [5.41, 5.74) is 0.116. The number of carbonyl (C=O) groups excluding carboxylic acids is 1. The Balaban J connectivity index is 1.92. The number of pyridine rings is 2. The zero-order valence-electron chi connectivity index (χ0n) is 15.4. The molecule has 0 aromatic carbocycles. The van der Waals surface area contributed by atoms with Crippen molar-refractivity contribution in [1.29, 1.82) is 5.26 Å². The molecule has 0 bridgehead atoms. The third-order valence-corrected chi connectivity index (χ3v) is 4.24. The van der Waals surface area contributed by atoms with E-state index < -0.39 is 0 Å². The molecule has 1 fully saturated rings. The van der Waals surface area contributed by atoms with Crippen molar-refractivity contribution in [2.45, 2.75) is 39.2 Å². The molecule has 7 heteroatoms. The predicted octanol–water partition coefficient (Wildman–Crippen LogP) is 2.65. The molecule has 0 unspecified atom stereocenters. The van der Waals surface area contributed by atoms with Gasteiger partial charge in [-0.05, 0) is 52.3 Å². The third kappa shape index (κ3) is 4.27. The van der Waals surface area contributed by atoms with Gasteiger partial charge in [0, 0.05) is 29.1 Å².